The molecule has 0 aliphatic rings. The zero-order valence-corrected chi connectivity index (χ0v) is 13.6. The van der Waals surface area contributed by atoms with Crippen LogP contribution in [0.15, 0.2) is 66.2 Å². The molecule has 0 fully saturated rings. The van der Waals surface area contributed by atoms with Gasteiger partial charge in [0.1, 0.15) is 0 Å². The lowest BCUT2D eigenvalue weighted by atomic mass is 9.87. The molecule has 21 heavy (non-hydrogen) atoms. The van der Waals surface area contributed by atoms with Crippen LogP contribution in [0, 0.1) is 0 Å². The Labute approximate surface area is 132 Å². The number of hydrogen-bond donors (Lipinski definition) is 1. The molecule has 0 saturated carbocycles. The van der Waals surface area contributed by atoms with E-state index in [4.69, 9.17) is 11.6 Å². The van der Waals surface area contributed by atoms with Crippen LogP contribution in [0.4, 0.5) is 5.69 Å². The van der Waals surface area contributed by atoms with E-state index >= 15 is 0 Å². The van der Waals surface area contributed by atoms with Crippen molar-refractivity contribution in [3.63, 3.8) is 0 Å². The predicted molar refractivity (Wildman–Crippen MR) is 92.9 cm³/mol. The minimum atomic E-state index is -0.163. The quantitative estimate of drug-likeness (QED) is 0.665. The van der Waals surface area contributed by atoms with Crippen LogP contribution in [-0.4, -0.2) is 0 Å². The fourth-order valence-corrected chi connectivity index (χ4v) is 2.43. The number of nitrogens with one attached hydrogen (secondary N) is 1. The van der Waals surface area contributed by atoms with Gasteiger partial charge < -0.3 is 5.32 Å². The molecular formula is C19H22ClN. The summed E-state index contributed by atoms with van der Waals surface area (Å²) in [5, 5.41) is 4.43. The van der Waals surface area contributed by atoms with Crippen LogP contribution >= 0.6 is 11.6 Å². The summed E-state index contributed by atoms with van der Waals surface area (Å²) in [6.45, 7) is 6.48. The van der Waals surface area contributed by atoms with E-state index in [1.54, 1.807) is 0 Å². The van der Waals surface area contributed by atoms with Crippen LogP contribution < -0.4 is 5.32 Å². The Balaban J connectivity index is 2.33. The summed E-state index contributed by atoms with van der Waals surface area (Å²) in [6, 6.07) is 18.4. The first-order valence-corrected chi connectivity index (χ1v) is 7.60. The molecule has 2 aromatic rings. The molecule has 1 atom stereocenters. The van der Waals surface area contributed by atoms with Gasteiger partial charge in [-0.1, -0.05) is 53.6 Å². The SMILES string of the molecule is CC(C)=CCC(C)(Nc1ccccc1)c1ccc(Cl)cc1. The summed E-state index contributed by atoms with van der Waals surface area (Å²) in [5.41, 5.74) is 3.51. The minimum absolute atomic E-state index is 0.163. The van der Waals surface area contributed by atoms with Gasteiger partial charge in [-0.2, -0.15) is 0 Å². The molecule has 2 rings (SSSR count). The highest BCUT2D eigenvalue weighted by Crippen LogP contribution is 2.31. The second-order valence-corrected chi connectivity index (χ2v) is 6.25. The highest BCUT2D eigenvalue weighted by atomic mass is 35.5. The van der Waals surface area contributed by atoms with Crippen molar-refractivity contribution in [2.75, 3.05) is 5.32 Å². The van der Waals surface area contributed by atoms with Crippen molar-refractivity contribution in [1.82, 2.24) is 0 Å². The Morgan fingerprint density at radius 3 is 2.24 bits per heavy atom. The normalized spacial score (nSPS) is 13.3. The molecule has 0 aliphatic carbocycles. The van der Waals surface area contributed by atoms with Gasteiger partial charge in [-0.05, 0) is 57.0 Å². The van der Waals surface area contributed by atoms with E-state index in [2.05, 4.69) is 56.4 Å². The first-order chi connectivity index (χ1) is 9.99. The molecule has 0 aliphatic heterocycles. The molecule has 0 radical (unpaired) electrons. The van der Waals surface area contributed by atoms with E-state index in [1.807, 2.05) is 30.3 Å². The molecular weight excluding hydrogens is 278 g/mol. The van der Waals surface area contributed by atoms with Crippen molar-refractivity contribution in [2.45, 2.75) is 32.7 Å². The Morgan fingerprint density at radius 1 is 1.05 bits per heavy atom. The zero-order valence-electron chi connectivity index (χ0n) is 12.9. The summed E-state index contributed by atoms with van der Waals surface area (Å²) >= 11 is 6.02. The maximum atomic E-state index is 6.02. The van der Waals surface area contributed by atoms with Gasteiger partial charge in [0.25, 0.3) is 0 Å². The monoisotopic (exact) mass is 299 g/mol. The summed E-state index contributed by atoms with van der Waals surface area (Å²) in [7, 11) is 0. The van der Waals surface area contributed by atoms with E-state index in [0.29, 0.717) is 0 Å². The minimum Gasteiger partial charge on any atom is -0.375 e. The van der Waals surface area contributed by atoms with Gasteiger partial charge in [0, 0.05) is 10.7 Å². The van der Waals surface area contributed by atoms with Crippen LogP contribution in [0.1, 0.15) is 32.8 Å². The van der Waals surface area contributed by atoms with E-state index in [-0.39, 0.29) is 5.54 Å². The Morgan fingerprint density at radius 2 is 1.67 bits per heavy atom. The predicted octanol–water partition coefficient (Wildman–Crippen LogP) is 6.02. The van der Waals surface area contributed by atoms with Crippen LogP contribution in [0.25, 0.3) is 0 Å². The van der Waals surface area contributed by atoms with Crippen molar-refractivity contribution >= 4 is 17.3 Å². The van der Waals surface area contributed by atoms with Crippen molar-refractivity contribution in [3.05, 3.63) is 76.8 Å². The molecule has 1 N–H and O–H groups in total. The largest absolute Gasteiger partial charge is 0.375 e. The first kappa shape index (κ1) is 15.7. The number of allylic oxidation sites excluding steroid dienone is 1. The second kappa shape index (κ2) is 6.82. The molecule has 0 saturated heterocycles. The van der Waals surface area contributed by atoms with Gasteiger partial charge in [0.05, 0.1) is 5.54 Å². The van der Waals surface area contributed by atoms with Crippen molar-refractivity contribution in [2.24, 2.45) is 0 Å². The topological polar surface area (TPSA) is 12.0 Å². The van der Waals surface area contributed by atoms with Gasteiger partial charge in [0.2, 0.25) is 0 Å². The summed E-state index contributed by atoms with van der Waals surface area (Å²) in [4.78, 5) is 0. The number of rotatable bonds is 5. The van der Waals surface area contributed by atoms with Gasteiger partial charge in [-0.25, -0.2) is 0 Å². The highest BCUT2D eigenvalue weighted by molar-refractivity contribution is 6.30. The number of hydrogen-bond acceptors (Lipinski definition) is 1. The molecule has 110 valence electrons. The average molecular weight is 300 g/mol. The van der Waals surface area contributed by atoms with Gasteiger partial charge in [0.15, 0.2) is 0 Å². The number of anilines is 1. The molecule has 0 bridgehead atoms. The smallest absolute Gasteiger partial charge is 0.0631 e. The van der Waals surface area contributed by atoms with Crippen molar-refractivity contribution in [3.8, 4) is 0 Å². The van der Waals surface area contributed by atoms with Crippen LogP contribution in [0.3, 0.4) is 0 Å². The maximum Gasteiger partial charge on any atom is 0.0631 e. The molecule has 0 amide bonds. The Kier molecular flexibility index (Phi) is 5.08. The van der Waals surface area contributed by atoms with E-state index in [1.165, 1.54) is 11.1 Å². The summed E-state index contributed by atoms with van der Waals surface area (Å²) < 4.78 is 0. The molecule has 0 spiro atoms. The van der Waals surface area contributed by atoms with Crippen molar-refractivity contribution in [1.29, 1.82) is 0 Å². The maximum absolute atomic E-state index is 6.02. The summed E-state index contributed by atoms with van der Waals surface area (Å²) in [5.74, 6) is 0. The third-order valence-corrected chi connectivity index (χ3v) is 3.85. The fourth-order valence-electron chi connectivity index (χ4n) is 2.31. The number of benzene rings is 2. The summed E-state index contributed by atoms with van der Waals surface area (Å²) in [6.07, 6.45) is 3.19. The van der Waals surface area contributed by atoms with Crippen LogP contribution in [0.2, 0.25) is 5.02 Å². The van der Waals surface area contributed by atoms with Gasteiger partial charge >= 0.3 is 0 Å². The first-order valence-electron chi connectivity index (χ1n) is 7.22. The lowest BCUT2D eigenvalue weighted by Gasteiger charge is -2.32. The lowest BCUT2D eigenvalue weighted by molar-refractivity contribution is 0.550. The van der Waals surface area contributed by atoms with E-state index in [0.717, 1.165) is 17.1 Å². The Hall–Kier alpha value is -1.73. The average Bonchev–Trinajstić information content (AvgIpc) is 2.47. The van der Waals surface area contributed by atoms with Gasteiger partial charge in [-0.3, -0.25) is 0 Å². The molecule has 0 heterocycles. The Bertz CT molecular complexity index is 597. The third kappa shape index (κ3) is 4.37. The number of para-hydroxylation sites is 1. The molecule has 2 aromatic carbocycles. The highest BCUT2D eigenvalue weighted by Gasteiger charge is 2.25. The second-order valence-electron chi connectivity index (χ2n) is 5.82. The number of halogens is 1. The molecule has 2 heteroatoms. The molecule has 1 nitrogen and oxygen atoms in total. The lowest BCUT2D eigenvalue weighted by Crippen LogP contribution is -2.31. The molecule has 1 unspecified atom stereocenters. The third-order valence-electron chi connectivity index (χ3n) is 3.59. The zero-order chi connectivity index (χ0) is 15.3. The fraction of sp³-hybridized carbons (Fsp3) is 0.263. The van der Waals surface area contributed by atoms with E-state index in [9.17, 15) is 0 Å². The van der Waals surface area contributed by atoms with E-state index < -0.39 is 0 Å². The van der Waals surface area contributed by atoms with Crippen molar-refractivity contribution < 1.29 is 0 Å². The van der Waals surface area contributed by atoms with Gasteiger partial charge in [-0.15, -0.1) is 0 Å². The standard InChI is InChI=1S/C19H22ClN/c1-15(2)13-14-19(3,16-9-11-17(20)12-10-16)21-18-7-5-4-6-8-18/h4-13,21H,14H2,1-3H3. The van der Waals surface area contributed by atoms with Crippen LogP contribution in [-0.2, 0) is 5.54 Å². The van der Waals surface area contributed by atoms with Crippen LogP contribution in [0.5, 0.6) is 0 Å². The molecule has 0 aromatic heterocycles.